The number of unbranched alkanes of at least 4 members (excludes halogenated alkanes) is 2. The van der Waals surface area contributed by atoms with Gasteiger partial charge in [0.25, 0.3) is 0 Å². The van der Waals surface area contributed by atoms with Crippen LogP contribution in [0.25, 0.3) is 0 Å². The molecule has 0 saturated heterocycles. The number of allylic oxidation sites excluding steroid dienone is 3. The lowest BCUT2D eigenvalue weighted by atomic mass is 9.86. The normalized spacial score (nSPS) is 23.5. The molecule has 0 radical (unpaired) electrons. The molecule has 3 N–H and O–H groups in total. The molecule has 0 aromatic heterocycles. The Kier molecular flexibility index (Phi) is 11.5. The lowest BCUT2D eigenvalue weighted by Gasteiger charge is -2.30. The van der Waals surface area contributed by atoms with Crippen LogP contribution in [0.3, 0.4) is 0 Å². The summed E-state index contributed by atoms with van der Waals surface area (Å²) in [6, 6.07) is 0. The van der Waals surface area contributed by atoms with Gasteiger partial charge in [0.1, 0.15) is 12.4 Å². The first-order chi connectivity index (χ1) is 13.3. The fourth-order valence-electron chi connectivity index (χ4n) is 3.74. The monoisotopic (exact) mass is 394 g/mol. The third kappa shape index (κ3) is 8.38. The highest BCUT2D eigenvalue weighted by molar-refractivity contribution is 5.83. The number of Topliss-reactive ketones (excluding diaryl/α,β-unsaturated/α-hetero) is 2. The van der Waals surface area contributed by atoms with E-state index in [1.54, 1.807) is 6.92 Å². The minimum atomic E-state index is -1.10. The maximum atomic E-state index is 12.2. The summed E-state index contributed by atoms with van der Waals surface area (Å²) < 4.78 is 0. The summed E-state index contributed by atoms with van der Waals surface area (Å²) in [4.78, 5) is 23.3. The van der Waals surface area contributed by atoms with Gasteiger partial charge in [0, 0.05) is 18.8 Å². The summed E-state index contributed by atoms with van der Waals surface area (Å²) in [5.74, 6) is 0.298. The predicted molar refractivity (Wildman–Crippen MR) is 111 cm³/mol. The van der Waals surface area contributed by atoms with Crippen LogP contribution in [-0.4, -0.2) is 45.2 Å². The van der Waals surface area contributed by atoms with E-state index < -0.39 is 18.3 Å². The second-order valence-corrected chi connectivity index (χ2v) is 8.09. The Labute approximate surface area is 169 Å². The maximum Gasteiger partial charge on any atom is 0.158 e. The van der Waals surface area contributed by atoms with Crippen LogP contribution in [-0.2, 0) is 9.59 Å². The Bertz CT molecular complexity index is 537. The van der Waals surface area contributed by atoms with Crippen LogP contribution in [0.2, 0.25) is 0 Å². The number of ketones is 2. The SMILES string of the molecule is CCCCC(O)(CC=C[C@H]1CCC(=O)[C@@H]1CC=CCCCC(=O)CO)C(C)O. The van der Waals surface area contributed by atoms with Crippen molar-refractivity contribution in [1.29, 1.82) is 0 Å². The molecule has 0 aliphatic heterocycles. The van der Waals surface area contributed by atoms with Crippen LogP contribution in [0.4, 0.5) is 0 Å². The standard InChI is InChI=1S/C23H38O5/c1-3-4-15-23(28,18(2)25)16-9-10-19-13-14-22(27)21(19)12-8-6-5-7-11-20(26)17-24/h6,8-10,18-19,21,24-25,28H,3-5,7,11-17H2,1-2H3/t18?,19-,21+,23?/m0/s1. The largest absolute Gasteiger partial charge is 0.390 e. The van der Waals surface area contributed by atoms with Gasteiger partial charge < -0.3 is 15.3 Å². The Balaban J connectivity index is 2.51. The van der Waals surface area contributed by atoms with Gasteiger partial charge in [0.15, 0.2) is 5.78 Å². The first kappa shape index (κ1) is 24.7. The first-order valence-electron chi connectivity index (χ1n) is 10.7. The summed E-state index contributed by atoms with van der Waals surface area (Å²) in [5, 5.41) is 29.3. The predicted octanol–water partition coefficient (Wildman–Crippen LogP) is 3.51. The molecule has 0 amide bonds. The molecule has 5 heteroatoms. The van der Waals surface area contributed by atoms with E-state index in [4.69, 9.17) is 5.11 Å². The van der Waals surface area contributed by atoms with E-state index in [0.717, 1.165) is 25.7 Å². The minimum absolute atomic E-state index is 0.0261. The number of carbonyl (C=O) groups is 2. The second kappa shape index (κ2) is 13.0. The van der Waals surface area contributed by atoms with Gasteiger partial charge in [-0.15, -0.1) is 0 Å². The van der Waals surface area contributed by atoms with Gasteiger partial charge in [-0.2, -0.15) is 0 Å². The van der Waals surface area contributed by atoms with Crippen LogP contribution in [0.15, 0.2) is 24.3 Å². The first-order valence-corrected chi connectivity index (χ1v) is 10.7. The molecule has 0 aromatic carbocycles. The Morgan fingerprint density at radius 1 is 1.29 bits per heavy atom. The van der Waals surface area contributed by atoms with Crippen molar-refractivity contribution in [3.8, 4) is 0 Å². The highest BCUT2D eigenvalue weighted by atomic mass is 16.3. The highest BCUT2D eigenvalue weighted by Crippen LogP contribution is 2.33. The quantitative estimate of drug-likeness (QED) is 0.310. The number of hydrogen-bond acceptors (Lipinski definition) is 5. The Morgan fingerprint density at radius 2 is 2.04 bits per heavy atom. The van der Waals surface area contributed by atoms with E-state index in [1.165, 1.54) is 0 Å². The van der Waals surface area contributed by atoms with E-state index in [-0.39, 0.29) is 23.4 Å². The van der Waals surface area contributed by atoms with E-state index >= 15 is 0 Å². The van der Waals surface area contributed by atoms with Crippen molar-refractivity contribution in [3.05, 3.63) is 24.3 Å². The minimum Gasteiger partial charge on any atom is -0.390 e. The molecule has 28 heavy (non-hydrogen) atoms. The average Bonchev–Trinajstić information content (AvgIpc) is 3.02. The third-order valence-corrected chi connectivity index (χ3v) is 5.81. The molecule has 2 unspecified atom stereocenters. The van der Waals surface area contributed by atoms with Crippen molar-refractivity contribution in [1.82, 2.24) is 0 Å². The van der Waals surface area contributed by atoms with Crippen LogP contribution in [0.1, 0.15) is 78.1 Å². The molecule has 1 saturated carbocycles. The fraction of sp³-hybridized carbons (Fsp3) is 0.739. The van der Waals surface area contributed by atoms with E-state index in [1.807, 2.05) is 24.3 Å². The second-order valence-electron chi connectivity index (χ2n) is 8.09. The number of hydrogen-bond donors (Lipinski definition) is 3. The van der Waals surface area contributed by atoms with Gasteiger partial charge in [0.2, 0.25) is 0 Å². The molecule has 1 fully saturated rings. The summed E-state index contributed by atoms with van der Waals surface area (Å²) >= 11 is 0. The van der Waals surface area contributed by atoms with E-state index in [0.29, 0.717) is 38.5 Å². The van der Waals surface area contributed by atoms with Gasteiger partial charge in [-0.05, 0) is 51.4 Å². The highest BCUT2D eigenvalue weighted by Gasteiger charge is 2.33. The topological polar surface area (TPSA) is 94.8 Å². The van der Waals surface area contributed by atoms with Crippen LogP contribution >= 0.6 is 0 Å². The van der Waals surface area contributed by atoms with Crippen molar-refractivity contribution < 1.29 is 24.9 Å². The molecule has 1 aliphatic rings. The van der Waals surface area contributed by atoms with Crippen molar-refractivity contribution in [2.75, 3.05) is 6.61 Å². The molecule has 1 aliphatic carbocycles. The van der Waals surface area contributed by atoms with Gasteiger partial charge in [0.05, 0.1) is 11.7 Å². The summed E-state index contributed by atoms with van der Waals surface area (Å²) in [5.41, 5.74) is -1.10. The van der Waals surface area contributed by atoms with Crippen molar-refractivity contribution in [2.24, 2.45) is 11.8 Å². The van der Waals surface area contributed by atoms with Crippen molar-refractivity contribution >= 4 is 11.6 Å². The molecule has 5 nitrogen and oxygen atoms in total. The van der Waals surface area contributed by atoms with E-state index in [9.17, 15) is 19.8 Å². The Hall–Kier alpha value is -1.30. The summed E-state index contributed by atoms with van der Waals surface area (Å²) in [6.07, 6.45) is 14.0. The number of aliphatic hydroxyl groups excluding tert-OH is 2. The van der Waals surface area contributed by atoms with Gasteiger partial charge in [-0.25, -0.2) is 0 Å². The molecule has 160 valence electrons. The van der Waals surface area contributed by atoms with Crippen LogP contribution in [0, 0.1) is 11.8 Å². The zero-order chi connectivity index (χ0) is 21.0. The maximum absolute atomic E-state index is 12.2. The zero-order valence-electron chi connectivity index (χ0n) is 17.5. The number of rotatable bonds is 14. The molecular weight excluding hydrogens is 356 g/mol. The van der Waals surface area contributed by atoms with Gasteiger partial charge in [-0.1, -0.05) is 44.1 Å². The Morgan fingerprint density at radius 3 is 2.68 bits per heavy atom. The van der Waals surface area contributed by atoms with Crippen LogP contribution in [0.5, 0.6) is 0 Å². The fourth-order valence-corrected chi connectivity index (χ4v) is 3.74. The molecular formula is C23H38O5. The molecule has 0 heterocycles. The molecule has 4 atom stereocenters. The van der Waals surface area contributed by atoms with Gasteiger partial charge >= 0.3 is 0 Å². The van der Waals surface area contributed by atoms with Crippen molar-refractivity contribution in [2.45, 2.75) is 89.8 Å². The molecule has 0 bridgehead atoms. The summed E-state index contributed by atoms with van der Waals surface area (Å²) in [6.45, 7) is 3.30. The summed E-state index contributed by atoms with van der Waals surface area (Å²) in [7, 11) is 0. The lowest BCUT2D eigenvalue weighted by molar-refractivity contribution is -0.122. The lowest BCUT2D eigenvalue weighted by Crippen LogP contribution is -2.40. The molecule has 0 spiro atoms. The van der Waals surface area contributed by atoms with Crippen molar-refractivity contribution in [3.63, 3.8) is 0 Å². The zero-order valence-corrected chi connectivity index (χ0v) is 17.5. The van der Waals surface area contributed by atoms with E-state index in [2.05, 4.69) is 6.92 Å². The molecule has 0 aromatic rings. The third-order valence-electron chi connectivity index (χ3n) is 5.81. The number of aliphatic hydroxyl groups is 3. The number of carbonyl (C=O) groups excluding carboxylic acids is 2. The smallest absolute Gasteiger partial charge is 0.158 e. The molecule has 1 rings (SSSR count). The van der Waals surface area contributed by atoms with Gasteiger partial charge in [-0.3, -0.25) is 9.59 Å². The average molecular weight is 395 g/mol. The van der Waals surface area contributed by atoms with Crippen LogP contribution < -0.4 is 0 Å².